The first-order valence-electron chi connectivity index (χ1n) is 5.64. The highest BCUT2D eigenvalue weighted by molar-refractivity contribution is 7.89. The fraction of sp³-hybridized carbons (Fsp3) is 0.385. The molecule has 0 aromatic heterocycles. The Morgan fingerprint density at radius 1 is 1.39 bits per heavy atom. The van der Waals surface area contributed by atoms with Crippen LogP contribution in [0.1, 0.15) is 18.1 Å². The van der Waals surface area contributed by atoms with Crippen LogP contribution >= 0.6 is 0 Å². The molecule has 18 heavy (non-hydrogen) atoms. The number of benzene rings is 1. The fourth-order valence-corrected chi connectivity index (χ4v) is 3.22. The Balaban J connectivity index is 3.29. The molecule has 2 N–H and O–H groups in total. The normalized spacial score (nSPS) is 11.8. The van der Waals surface area contributed by atoms with Crippen molar-refractivity contribution in [1.82, 2.24) is 4.31 Å². The van der Waals surface area contributed by atoms with Crippen molar-refractivity contribution in [1.29, 1.82) is 0 Å². The maximum absolute atomic E-state index is 12.4. The van der Waals surface area contributed by atoms with Gasteiger partial charge in [-0.15, -0.1) is 0 Å². The van der Waals surface area contributed by atoms with Crippen LogP contribution < -0.4 is 5.73 Å². The van der Waals surface area contributed by atoms with Crippen molar-refractivity contribution in [2.24, 2.45) is 0 Å². The molecule has 0 unspecified atom stereocenters. The molecule has 100 valence electrons. The minimum atomic E-state index is -3.51. The van der Waals surface area contributed by atoms with Crippen LogP contribution in [0, 0.1) is 13.8 Å². The second kappa shape index (κ2) is 5.12. The van der Waals surface area contributed by atoms with Crippen molar-refractivity contribution in [2.45, 2.75) is 25.7 Å². The van der Waals surface area contributed by atoms with E-state index >= 15 is 0 Å². The number of anilines is 1. The number of nitrogens with zero attached hydrogens (tertiary/aromatic N) is 1. The number of hydrogen-bond donors (Lipinski definition) is 1. The van der Waals surface area contributed by atoms with E-state index in [9.17, 15) is 8.42 Å². The van der Waals surface area contributed by atoms with Gasteiger partial charge in [-0.25, -0.2) is 8.42 Å². The molecule has 0 bridgehead atoms. The molecular formula is C13H20N2O2S. The molecule has 1 rings (SSSR count). The highest BCUT2D eigenvalue weighted by Gasteiger charge is 2.23. The summed E-state index contributed by atoms with van der Waals surface area (Å²) >= 11 is 0. The van der Waals surface area contributed by atoms with E-state index in [-0.39, 0.29) is 4.90 Å². The molecule has 0 aliphatic heterocycles. The lowest BCUT2D eigenvalue weighted by Crippen LogP contribution is -2.29. The zero-order chi connectivity index (χ0) is 14.1. The van der Waals surface area contributed by atoms with Crippen molar-refractivity contribution >= 4 is 15.7 Å². The second-order valence-corrected chi connectivity index (χ2v) is 6.65. The molecule has 0 saturated carbocycles. The molecule has 4 nitrogen and oxygen atoms in total. The standard InChI is InChI=1S/C13H20N2O2S/c1-9(2)8-15(5)18(16,17)12-7-6-10(3)13(14)11(12)4/h6-7H,1,8,14H2,2-5H3. The molecule has 0 fully saturated rings. The molecule has 0 aliphatic carbocycles. The molecule has 1 aromatic rings. The van der Waals surface area contributed by atoms with Crippen LogP contribution in [0.25, 0.3) is 0 Å². The van der Waals surface area contributed by atoms with Gasteiger partial charge in [0.05, 0.1) is 4.90 Å². The van der Waals surface area contributed by atoms with Crippen molar-refractivity contribution in [3.63, 3.8) is 0 Å². The maximum atomic E-state index is 12.4. The van der Waals surface area contributed by atoms with Gasteiger partial charge in [0.1, 0.15) is 0 Å². The first-order chi connectivity index (χ1) is 8.17. The van der Waals surface area contributed by atoms with Gasteiger partial charge < -0.3 is 5.73 Å². The van der Waals surface area contributed by atoms with E-state index in [0.717, 1.165) is 11.1 Å². The van der Waals surface area contributed by atoms with E-state index in [2.05, 4.69) is 6.58 Å². The molecule has 0 atom stereocenters. The molecule has 1 aromatic carbocycles. The minimum Gasteiger partial charge on any atom is -0.398 e. The molecule has 0 amide bonds. The highest BCUT2D eigenvalue weighted by Crippen LogP contribution is 2.26. The Morgan fingerprint density at radius 2 is 1.94 bits per heavy atom. The van der Waals surface area contributed by atoms with Gasteiger partial charge in [-0.1, -0.05) is 18.2 Å². The Bertz CT molecular complexity index is 577. The predicted molar refractivity (Wildman–Crippen MR) is 75.0 cm³/mol. The minimum absolute atomic E-state index is 0.259. The van der Waals surface area contributed by atoms with Crippen LogP contribution in [0.15, 0.2) is 29.2 Å². The summed E-state index contributed by atoms with van der Waals surface area (Å²) in [6, 6.07) is 3.33. The van der Waals surface area contributed by atoms with Gasteiger partial charge in [-0.2, -0.15) is 4.31 Å². The van der Waals surface area contributed by atoms with Crippen molar-refractivity contribution in [3.05, 3.63) is 35.4 Å². The van der Waals surface area contributed by atoms with E-state index < -0.39 is 10.0 Å². The third kappa shape index (κ3) is 2.73. The number of hydrogen-bond acceptors (Lipinski definition) is 3. The number of nitrogens with two attached hydrogens (primary N) is 1. The molecule has 0 radical (unpaired) electrons. The van der Waals surface area contributed by atoms with E-state index in [1.54, 1.807) is 33.0 Å². The van der Waals surface area contributed by atoms with Crippen molar-refractivity contribution in [3.8, 4) is 0 Å². The Labute approximate surface area is 109 Å². The summed E-state index contributed by atoms with van der Waals surface area (Å²) in [6.45, 7) is 9.40. The first-order valence-corrected chi connectivity index (χ1v) is 7.08. The average Bonchev–Trinajstić information content (AvgIpc) is 2.24. The van der Waals surface area contributed by atoms with Crippen LogP contribution in [0.3, 0.4) is 0 Å². The van der Waals surface area contributed by atoms with Crippen LogP contribution in [0.5, 0.6) is 0 Å². The average molecular weight is 268 g/mol. The number of sulfonamides is 1. The lowest BCUT2D eigenvalue weighted by Gasteiger charge is -2.19. The van der Waals surface area contributed by atoms with Crippen LogP contribution in [0.4, 0.5) is 5.69 Å². The van der Waals surface area contributed by atoms with Gasteiger partial charge >= 0.3 is 0 Å². The number of nitrogen functional groups attached to an aromatic ring is 1. The summed E-state index contributed by atoms with van der Waals surface area (Å²) < 4.78 is 26.0. The molecule has 5 heteroatoms. The topological polar surface area (TPSA) is 63.4 Å². The van der Waals surface area contributed by atoms with E-state index in [0.29, 0.717) is 17.8 Å². The summed E-state index contributed by atoms with van der Waals surface area (Å²) in [6.07, 6.45) is 0. The maximum Gasteiger partial charge on any atom is 0.243 e. The fourth-order valence-electron chi connectivity index (χ4n) is 1.76. The summed E-state index contributed by atoms with van der Waals surface area (Å²) in [5, 5.41) is 0. The summed E-state index contributed by atoms with van der Waals surface area (Å²) in [4.78, 5) is 0.259. The lowest BCUT2D eigenvalue weighted by atomic mass is 10.1. The van der Waals surface area contributed by atoms with Gasteiger partial charge in [0, 0.05) is 19.3 Å². The lowest BCUT2D eigenvalue weighted by molar-refractivity contribution is 0.492. The largest absolute Gasteiger partial charge is 0.398 e. The monoisotopic (exact) mass is 268 g/mol. The quantitative estimate of drug-likeness (QED) is 0.671. The van der Waals surface area contributed by atoms with Crippen LogP contribution in [0.2, 0.25) is 0 Å². The van der Waals surface area contributed by atoms with Crippen molar-refractivity contribution in [2.75, 3.05) is 19.3 Å². The van der Waals surface area contributed by atoms with Crippen LogP contribution in [-0.4, -0.2) is 26.3 Å². The van der Waals surface area contributed by atoms with E-state index in [4.69, 9.17) is 5.73 Å². The number of rotatable bonds is 4. The predicted octanol–water partition coefficient (Wildman–Crippen LogP) is 2.08. The third-order valence-electron chi connectivity index (χ3n) is 2.86. The van der Waals surface area contributed by atoms with Gasteiger partial charge in [-0.05, 0) is 38.0 Å². The number of likely N-dealkylation sites (N-methyl/N-ethyl adjacent to an activating group) is 1. The highest BCUT2D eigenvalue weighted by atomic mass is 32.2. The summed E-state index contributed by atoms with van der Waals surface area (Å²) in [5.74, 6) is 0. The summed E-state index contributed by atoms with van der Waals surface area (Å²) in [7, 11) is -1.97. The van der Waals surface area contributed by atoms with Gasteiger partial charge in [0.15, 0.2) is 0 Å². The van der Waals surface area contributed by atoms with Gasteiger partial charge in [0.2, 0.25) is 10.0 Å². The third-order valence-corrected chi connectivity index (χ3v) is 4.81. The molecule has 0 spiro atoms. The van der Waals surface area contributed by atoms with Crippen LogP contribution in [-0.2, 0) is 10.0 Å². The molecule has 0 saturated heterocycles. The zero-order valence-corrected chi connectivity index (χ0v) is 12.1. The smallest absolute Gasteiger partial charge is 0.243 e. The second-order valence-electron chi connectivity index (χ2n) is 4.64. The van der Waals surface area contributed by atoms with Crippen molar-refractivity contribution < 1.29 is 8.42 Å². The van der Waals surface area contributed by atoms with E-state index in [1.165, 1.54) is 4.31 Å². The Hall–Kier alpha value is -1.33. The Kier molecular flexibility index (Phi) is 4.19. The number of aryl methyl sites for hydroxylation is 1. The molecular weight excluding hydrogens is 248 g/mol. The zero-order valence-electron chi connectivity index (χ0n) is 11.3. The van der Waals surface area contributed by atoms with E-state index in [1.807, 2.05) is 6.92 Å². The molecule has 0 aliphatic rings. The SMILES string of the molecule is C=C(C)CN(C)S(=O)(=O)c1ccc(C)c(N)c1C. The van der Waals surface area contributed by atoms with Gasteiger partial charge in [-0.3, -0.25) is 0 Å². The van der Waals surface area contributed by atoms with Gasteiger partial charge in [0.25, 0.3) is 0 Å². The first kappa shape index (κ1) is 14.7. The summed E-state index contributed by atoms with van der Waals surface area (Å²) in [5.41, 5.74) is 8.68. The Morgan fingerprint density at radius 3 is 2.44 bits per heavy atom. The molecule has 0 heterocycles.